The number of nitrogens with two attached hydrogens (primary N) is 1. The molecule has 0 fully saturated rings. The Kier molecular flexibility index (Phi) is 4.45. The summed E-state index contributed by atoms with van der Waals surface area (Å²) in [6, 6.07) is 6.84. The fraction of sp³-hybridized carbons (Fsp3) is 0.600. The van der Waals surface area contributed by atoms with Gasteiger partial charge < -0.3 is 15.7 Å². The van der Waals surface area contributed by atoms with E-state index in [0.29, 0.717) is 6.54 Å². The van der Waals surface area contributed by atoms with Gasteiger partial charge in [-0.15, -0.1) is 0 Å². The summed E-state index contributed by atoms with van der Waals surface area (Å²) >= 11 is 0. The highest BCUT2D eigenvalue weighted by Gasteiger charge is 2.34. The van der Waals surface area contributed by atoms with Crippen LogP contribution in [0.15, 0.2) is 18.2 Å². The zero-order chi connectivity index (χ0) is 14.0. The topological polar surface area (TPSA) is 52.7 Å². The van der Waals surface area contributed by atoms with Crippen LogP contribution in [0.4, 0.5) is 5.69 Å². The summed E-state index contributed by atoms with van der Waals surface area (Å²) in [6.45, 7) is 3.79. The van der Waals surface area contributed by atoms with Crippen molar-refractivity contribution in [3.63, 3.8) is 0 Å². The van der Waals surface area contributed by atoms with Crippen molar-refractivity contribution >= 4 is 5.69 Å². The first-order chi connectivity index (χ1) is 9.13. The van der Waals surface area contributed by atoms with Crippen LogP contribution in [0.1, 0.15) is 30.5 Å². The van der Waals surface area contributed by atoms with E-state index in [0.717, 1.165) is 13.0 Å². The SMILES string of the molecule is CCC(CO)N1Cc2c(cccc2N(C)C)C1CN. The maximum atomic E-state index is 9.56. The molecule has 0 saturated carbocycles. The molecular weight excluding hydrogens is 238 g/mol. The third-order valence-corrected chi connectivity index (χ3v) is 4.14. The first kappa shape index (κ1) is 14.3. The van der Waals surface area contributed by atoms with E-state index in [1.165, 1.54) is 16.8 Å². The number of hydrogen-bond donors (Lipinski definition) is 2. The molecule has 1 aromatic rings. The third kappa shape index (κ3) is 2.48. The van der Waals surface area contributed by atoms with Gasteiger partial charge in [-0.05, 0) is 23.6 Å². The van der Waals surface area contributed by atoms with Gasteiger partial charge in [0, 0.05) is 45.0 Å². The number of hydrogen-bond acceptors (Lipinski definition) is 4. The molecule has 4 heteroatoms. The van der Waals surface area contributed by atoms with Crippen molar-refractivity contribution < 1.29 is 5.11 Å². The molecule has 19 heavy (non-hydrogen) atoms. The highest BCUT2D eigenvalue weighted by Crippen LogP contribution is 2.39. The Morgan fingerprint density at radius 3 is 2.74 bits per heavy atom. The Balaban J connectivity index is 2.39. The van der Waals surface area contributed by atoms with Gasteiger partial charge in [-0.3, -0.25) is 4.90 Å². The second kappa shape index (κ2) is 5.90. The van der Waals surface area contributed by atoms with Crippen LogP contribution in [-0.2, 0) is 6.54 Å². The van der Waals surface area contributed by atoms with E-state index in [4.69, 9.17) is 5.73 Å². The van der Waals surface area contributed by atoms with Gasteiger partial charge >= 0.3 is 0 Å². The molecule has 2 rings (SSSR count). The van der Waals surface area contributed by atoms with E-state index in [2.05, 4.69) is 49.0 Å². The largest absolute Gasteiger partial charge is 0.395 e. The lowest BCUT2D eigenvalue weighted by molar-refractivity contribution is 0.0895. The maximum absolute atomic E-state index is 9.56. The predicted octanol–water partition coefficient (Wildman–Crippen LogP) is 1.34. The highest BCUT2D eigenvalue weighted by molar-refractivity contribution is 5.58. The van der Waals surface area contributed by atoms with Crippen molar-refractivity contribution in [2.45, 2.75) is 32.0 Å². The first-order valence-corrected chi connectivity index (χ1v) is 6.99. The quantitative estimate of drug-likeness (QED) is 0.842. The van der Waals surface area contributed by atoms with E-state index in [-0.39, 0.29) is 18.7 Å². The fourth-order valence-electron chi connectivity index (χ4n) is 3.08. The van der Waals surface area contributed by atoms with Crippen LogP contribution in [0.2, 0.25) is 0 Å². The van der Waals surface area contributed by atoms with Gasteiger partial charge in [0.15, 0.2) is 0 Å². The van der Waals surface area contributed by atoms with Crippen molar-refractivity contribution in [2.24, 2.45) is 5.73 Å². The van der Waals surface area contributed by atoms with Gasteiger partial charge in [0.25, 0.3) is 0 Å². The van der Waals surface area contributed by atoms with E-state index in [9.17, 15) is 5.11 Å². The van der Waals surface area contributed by atoms with Gasteiger partial charge in [0.2, 0.25) is 0 Å². The van der Waals surface area contributed by atoms with Crippen molar-refractivity contribution in [3.8, 4) is 0 Å². The van der Waals surface area contributed by atoms with Crippen LogP contribution < -0.4 is 10.6 Å². The lowest BCUT2D eigenvalue weighted by atomic mass is 10.0. The molecule has 0 spiro atoms. The smallest absolute Gasteiger partial charge is 0.0587 e. The average molecular weight is 263 g/mol. The average Bonchev–Trinajstić information content (AvgIpc) is 2.78. The summed E-state index contributed by atoms with van der Waals surface area (Å²) < 4.78 is 0. The molecule has 0 radical (unpaired) electrons. The standard InChI is InChI=1S/C15H25N3O/c1-4-11(10-19)18-9-13-12(15(18)8-16)6-5-7-14(13)17(2)3/h5-7,11,15,19H,4,8-10,16H2,1-3H3. The number of nitrogens with zero attached hydrogens (tertiary/aromatic N) is 2. The summed E-state index contributed by atoms with van der Waals surface area (Å²) in [7, 11) is 4.14. The minimum atomic E-state index is 0.191. The molecule has 0 saturated heterocycles. The summed E-state index contributed by atoms with van der Waals surface area (Å²) in [6.07, 6.45) is 0.943. The van der Waals surface area contributed by atoms with E-state index < -0.39 is 0 Å². The normalized spacial score (nSPS) is 20.4. The fourth-order valence-corrected chi connectivity index (χ4v) is 3.08. The number of fused-ring (bicyclic) bond motifs is 1. The Morgan fingerprint density at radius 1 is 1.47 bits per heavy atom. The van der Waals surface area contributed by atoms with E-state index >= 15 is 0 Å². The number of rotatable bonds is 5. The minimum absolute atomic E-state index is 0.191. The molecule has 4 nitrogen and oxygen atoms in total. The molecular formula is C15H25N3O. The van der Waals surface area contributed by atoms with Crippen LogP contribution >= 0.6 is 0 Å². The van der Waals surface area contributed by atoms with Gasteiger partial charge in [0.05, 0.1) is 6.61 Å². The lowest BCUT2D eigenvalue weighted by Gasteiger charge is -2.30. The highest BCUT2D eigenvalue weighted by atomic mass is 16.3. The number of benzene rings is 1. The van der Waals surface area contributed by atoms with Gasteiger partial charge in [-0.2, -0.15) is 0 Å². The zero-order valence-corrected chi connectivity index (χ0v) is 12.1. The number of anilines is 1. The lowest BCUT2D eigenvalue weighted by Crippen LogP contribution is -2.38. The van der Waals surface area contributed by atoms with Crippen molar-refractivity contribution in [2.75, 3.05) is 32.1 Å². The number of aliphatic hydroxyl groups is 1. The van der Waals surface area contributed by atoms with E-state index in [1.807, 2.05) is 0 Å². The Hall–Kier alpha value is -1.10. The summed E-state index contributed by atoms with van der Waals surface area (Å²) in [5.74, 6) is 0. The molecule has 1 aliphatic heterocycles. The van der Waals surface area contributed by atoms with Crippen LogP contribution in [0.25, 0.3) is 0 Å². The first-order valence-electron chi connectivity index (χ1n) is 6.99. The molecule has 1 aromatic carbocycles. The van der Waals surface area contributed by atoms with Gasteiger partial charge in [-0.25, -0.2) is 0 Å². The minimum Gasteiger partial charge on any atom is -0.395 e. The maximum Gasteiger partial charge on any atom is 0.0587 e. The van der Waals surface area contributed by atoms with Gasteiger partial charge in [0.1, 0.15) is 0 Å². The van der Waals surface area contributed by atoms with Crippen LogP contribution in [0.5, 0.6) is 0 Å². The summed E-state index contributed by atoms with van der Waals surface area (Å²) in [4.78, 5) is 4.49. The molecule has 106 valence electrons. The zero-order valence-electron chi connectivity index (χ0n) is 12.1. The van der Waals surface area contributed by atoms with Gasteiger partial charge in [-0.1, -0.05) is 19.1 Å². The van der Waals surface area contributed by atoms with Crippen molar-refractivity contribution in [1.29, 1.82) is 0 Å². The molecule has 1 heterocycles. The second-order valence-electron chi connectivity index (χ2n) is 5.41. The summed E-state index contributed by atoms with van der Waals surface area (Å²) in [5, 5.41) is 9.56. The Labute approximate surface area is 115 Å². The molecule has 0 aromatic heterocycles. The molecule has 2 unspecified atom stereocenters. The summed E-state index contributed by atoms with van der Waals surface area (Å²) in [5.41, 5.74) is 9.91. The molecule has 0 bridgehead atoms. The number of aliphatic hydroxyl groups excluding tert-OH is 1. The third-order valence-electron chi connectivity index (χ3n) is 4.14. The Bertz CT molecular complexity index is 429. The van der Waals surface area contributed by atoms with Crippen molar-refractivity contribution in [1.82, 2.24) is 4.90 Å². The predicted molar refractivity (Wildman–Crippen MR) is 79.3 cm³/mol. The second-order valence-corrected chi connectivity index (χ2v) is 5.41. The molecule has 3 N–H and O–H groups in total. The van der Waals surface area contributed by atoms with Crippen LogP contribution in [-0.4, -0.2) is 43.3 Å². The molecule has 1 aliphatic rings. The van der Waals surface area contributed by atoms with E-state index in [1.54, 1.807) is 0 Å². The van der Waals surface area contributed by atoms with Crippen molar-refractivity contribution in [3.05, 3.63) is 29.3 Å². The molecule has 0 aliphatic carbocycles. The van der Waals surface area contributed by atoms with Crippen LogP contribution in [0, 0.1) is 0 Å². The molecule has 2 atom stereocenters. The monoisotopic (exact) mass is 263 g/mol. The Morgan fingerprint density at radius 2 is 2.21 bits per heavy atom. The van der Waals surface area contributed by atoms with Crippen LogP contribution in [0.3, 0.4) is 0 Å². The molecule has 0 amide bonds.